The summed E-state index contributed by atoms with van der Waals surface area (Å²) in [6.45, 7) is 4.34. The summed E-state index contributed by atoms with van der Waals surface area (Å²) in [6.07, 6.45) is 3.01. The standard InChI is InChI=1S/C14H20ClFO/c1-10(2)4-3-5-13(17)8-11-6-7-12(16)9-14(11)15/h6-7,9-10,13,17H,3-5,8H2,1-2H3. The number of aliphatic hydroxyl groups excluding tert-OH is 1. The van der Waals surface area contributed by atoms with Crippen molar-refractivity contribution in [3.63, 3.8) is 0 Å². The largest absolute Gasteiger partial charge is 0.393 e. The van der Waals surface area contributed by atoms with Crippen molar-refractivity contribution < 1.29 is 9.50 Å². The van der Waals surface area contributed by atoms with Gasteiger partial charge in [-0.05, 0) is 36.5 Å². The summed E-state index contributed by atoms with van der Waals surface area (Å²) in [5.41, 5.74) is 0.810. The van der Waals surface area contributed by atoms with Gasteiger partial charge in [0.2, 0.25) is 0 Å². The van der Waals surface area contributed by atoms with E-state index in [9.17, 15) is 9.50 Å². The molecule has 0 aliphatic rings. The fourth-order valence-corrected chi connectivity index (χ4v) is 2.05. The molecule has 1 atom stereocenters. The zero-order valence-electron chi connectivity index (χ0n) is 10.4. The summed E-state index contributed by atoms with van der Waals surface area (Å²) in [4.78, 5) is 0. The van der Waals surface area contributed by atoms with Gasteiger partial charge in [-0.3, -0.25) is 0 Å². The van der Waals surface area contributed by atoms with E-state index in [1.54, 1.807) is 6.07 Å². The Bertz CT molecular complexity index is 352. The highest BCUT2D eigenvalue weighted by atomic mass is 35.5. The average molecular weight is 259 g/mol. The maximum atomic E-state index is 12.8. The first-order valence-corrected chi connectivity index (χ1v) is 6.49. The number of benzene rings is 1. The van der Waals surface area contributed by atoms with Crippen LogP contribution in [0, 0.1) is 11.7 Å². The smallest absolute Gasteiger partial charge is 0.124 e. The van der Waals surface area contributed by atoms with Crippen LogP contribution >= 0.6 is 11.6 Å². The van der Waals surface area contributed by atoms with Gasteiger partial charge in [-0.1, -0.05) is 44.4 Å². The molecule has 0 aromatic heterocycles. The highest BCUT2D eigenvalue weighted by Crippen LogP contribution is 2.20. The van der Waals surface area contributed by atoms with Gasteiger partial charge in [0.25, 0.3) is 0 Å². The third kappa shape index (κ3) is 5.51. The number of hydrogen-bond acceptors (Lipinski definition) is 1. The monoisotopic (exact) mass is 258 g/mol. The Morgan fingerprint density at radius 1 is 1.29 bits per heavy atom. The van der Waals surface area contributed by atoms with Crippen molar-refractivity contribution >= 4 is 11.6 Å². The van der Waals surface area contributed by atoms with Crippen LogP contribution in [0.1, 0.15) is 38.7 Å². The molecule has 1 unspecified atom stereocenters. The van der Waals surface area contributed by atoms with Crippen LogP contribution in [0.15, 0.2) is 18.2 Å². The highest BCUT2D eigenvalue weighted by Gasteiger charge is 2.09. The SMILES string of the molecule is CC(C)CCCC(O)Cc1ccc(F)cc1Cl. The van der Waals surface area contributed by atoms with E-state index in [2.05, 4.69) is 13.8 Å². The minimum absolute atomic E-state index is 0.340. The van der Waals surface area contributed by atoms with E-state index in [1.807, 2.05) is 0 Å². The van der Waals surface area contributed by atoms with Gasteiger partial charge in [0.15, 0.2) is 0 Å². The van der Waals surface area contributed by atoms with Gasteiger partial charge in [-0.2, -0.15) is 0 Å². The average Bonchev–Trinajstić information content (AvgIpc) is 2.21. The Kier molecular flexibility index (Phi) is 5.93. The molecule has 0 aliphatic carbocycles. The summed E-state index contributed by atoms with van der Waals surface area (Å²) >= 11 is 5.91. The van der Waals surface area contributed by atoms with Gasteiger partial charge < -0.3 is 5.11 Å². The lowest BCUT2D eigenvalue weighted by Crippen LogP contribution is -2.11. The molecule has 96 valence electrons. The lowest BCUT2D eigenvalue weighted by atomic mass is 10.00. The molecule has 0 fully saturated rings. The molecule has 1 rings (SSSR count). The molecule has 0 saturated heterocycles. The fraction of sp³-hybridized carbons (Fsp3) is 0.571. The van der Waals surface area contributed by atoms with E-state index in [1.165, 1.54) is 12.1 Å². The van der Waals surface area contributed by atoms with Gasteiger partial charge in [-0.15, -0.1) is 0 Å². The molecule has 0 saturated carbocycles. The number of hydrogen-bond donors (Lipinski definition) is 1. The third-order valence-electron chi connectivity index (χ3n) is 2.79. The molecule has 0 amide bonds. The molecule has 1 aromatic rings. The van der Waals surface area contributed by atoms with Crippen molar-refractivity contribution in [3.8, 4) is 0 Å². The Morgan fingerprint density at radius 3 is 2.59 bits per heavy atom. The zero-order chi connectivity index (χ0) is 12.8. The Balaban J connectivity index is 2.42. The Labute approximate surface area is 108 Å². The predicted molar refractivity (Wildman–Crippen MR) is 69.8 cm³/mol. The van der Waals surface area contributed by atoms with Gasteiger partial charge in [0.1, 0.15) is 5.82 Å². The first-order valence-electron chi connectivity index (χ1n) is 6.11. The van der Waals surface area contributed by atoms with Crippen molar-refractivity contribution in [3.05, 3.63) is 34.6 Å². The second-order valence-corrected chi connectivity index (χ2v) is 5.33. The summed E-state index contributed by atoms with van der Waals surface area (Å²) in [7, 11) is 0. The summed E-state index contributed by atoms with van der Waals surface area (Å²) in [6, 6.07) is 4.31. The molecule has 0 heterocycles. The van der Waals surface area contributed by atoms with Crippen molar-refractivity contribution in [2.45, 2.75) is 45.6 Å². The van der Waals surface area contributed by atoms with Crippen LogP contribution in [-0.4, -0.2) is 11.2 Å². The van der Waals surface area contributed by atoms with Crippen molar-refractivity contribution in [2.24, 2.45) is 5.92 Å². The molecule has 1 N–H and O–H groups in total. The number of aliphatic hydroxyl groups is 1. The van der Waals surface area contributed by atoms with Crippen molar-refractivity contribution in [1.82, 2.24) is 0 Å². The fourth-order valence-electron chi connectivity index (χ4n) is 1.80. The third-order valence-corrected chi connectivity index (χ3v) is 3.14. The van der Waals surface area contributed by atoms with Crippen LogP contribution in [0.5, 0.6) is 0 Å². The number of rotatable bonds is 6. The topological polar surface area (TPSA) is 20.2 Å². The lowest BCUT2D eigenvalue weighted by molar-refractivity contribution is 0.159. The molecular formula is C14H20ClFO. The van der Waals surface area contributed by atoms with Crippen molar-refractivity contribution in [1.29, 1.82) is 0 Å². The highest BCUT2D eigenvalue weighted by molar-refractivity contribution is 6.31. The summed E-state index contributed by atoms with van der Waals surface area (Å²) < 4.78 is 12.8. The summed E-state index contributed by atoms with van der Waals surface area (Å²) in [5.74, 6) is 0.324. The van der Waals surface area contributed by atoms with Crippen LogP contribution in [0.2, 0.25) is 5.02 Å². The predicted octanol–water partition coefficient (Wildman–Crippen LogP) is 4.21. The van der Waals surface area contributed by atoms with Gasteiger partial charge in [-0.25, -0.2) is 4.39 Å². The maximum Gasteiger partial charge on any atom is 0.124 e. The molecule has 1 aromatic carbocycles. The van der Waals surface area contributed by atoms with Crippen LogP contribution < -0.4 is 0 Å². The van der Waals surface area contributed by atoms with Crippen molar-refractivity contribution in [2.75, 3.05) is 0 Å². The zero-order valence-corrected chi connectivity index (χ0v) is 11.2. The molecule has 17 heavy (non-hydrogen) atoms. The molecule has 1 nitrogen and oxygen atoms in total. The first kappa shape index (κ1) is 14.5. The molecular weight excluding hydrogens is 239 g/mol. The first-order chi connectivity index (χ1) is 7.99. The Morgan fingerprint density at radius 2 is 2.00 bits per heavy atom. The van der Waals surface area contributed by atoms with Gasteiger partial charge in [0, 0.05) is 5.02 Å². The van der Waals surface area contributed by atoms with Crippen LogP contribution in [0.3, 0.4) is 0 Å². The second kappa shape index (κ2) is 6.97. The van der Waals surface area contributed by atoms with E-state index in [0.717, 1.165) is 24.8 Å². The van der Waals surface area contributed by atoms with E-state index in [4.69, 9.17) is 11.6 Å². The molecule has 0 spiro atoms. The summed E-state index contributed by atoms with van der Waals surface area (Å²) in [5, 5.41) is 10.3. The Hall–Kier alpha value is -0.600. The number of halogens is 2. The quantitative estimate of drug-likeness (QED) is 0.810. The van der Waals surface area contributed by atoms with Gasteiger partial charge >= 0.3 is 0 Å². The minimum atomic E-state index is -0.392. The van der Waals surface area contributed by atoms with E-state index in [-0.39, 0.29) is 5.82 Å². The molecule has 0 radical (unpaired) electrons. The minimum Gasteiger partial charge on any atom is -0.393 e. The molecule has 3 heteroatoms. The lowest BCUT2D eigenvalue weighted by Gasteiger charge is -2.12. The molecule has 0 aliphatic heterocycles. The molecule has 0 bridgehead atoms. The van der Waals surface area contributed by atoms with E-state index in [0.29, 0.717) is 17.4 Å². The maximum absolute atomic E-state index is 12.8. The van der Waals surface area contributed by atoms with Gasteiger partial charge in [0.05, 0.1) is 6.10 Å². The van der Waals surface area contributed by atoms with Crippen LogP contribution in [0.4, 0.5) is 4.39 Å². The van der Waals surface area contributed by atoms with Crippen LogP contribution in [-0.2, 0) is 6.42 Å². The second-order valence-electron chi connectivity index (χ2n) is 4.92. The van der Waals surface area contributed by atoms with Crippen LogP contribution in [0.25, 0.3) is 0 Å². The normalized spacial score (nSPS) is 13.1. The van der Waals surface area contributed by atoms with E-state index < -0.39 is 6.10 Å². The van der Waals surface area contributed by atoms with E-state index >= 15 is 0 Å².